The molecule has 1 heterocycles. The molecule has 0 fully saturated rings. The summed E-state index contributed by atoms with van der Waals surface area (Å²) in [6, 6.07) is 8.39. The van der Waals surface area contributed by atoms with E-state index in [9.17, 15) is 4.79 Å². The first-order chi connectivity index (χ1) is 10.2. The van der Waals surface area contributed by atoms with Crippen molar-refractivity contribution in [2.45, 2.75) is 46.6 Å². The van der Waals surface area contributed by atoms with E-state index in [0.29, 0.717) is 0 Å². The molecular weight excluding hydrogens is 296 g/mol. The molecule has 0 aliphatic carbocycles. The van der Waals surface area contributed by atoms with Crippen molar-refractivity contribution in [2.75, 3.05) is 5.32 Å². The maximum Gasteiger partial charge on any atom is 0.412 e. The fourth-order valence-corrected chi connectivity index (χ4v) is 2.91. The van der Waals surface area contributed by atoms with E-state index in [2.05, 4.69) is 41.5 Å². The molecule has 1 N–H and O–H groups in total. The van der Waals surface area contributed by atoms with Crippen molar-refractivity contribution in [1.82, 2.24) is 4.98 Å². The number of aromatic nitrogens is 1. The van der Waals surface area contributed by atoms with Crippen molar-refractivity contribution in [3.63, 3.8) is 0 Å². The van der Waals surface area contributed by atoms with Gasteiger partial charge in [0, 0.05) is 6.42 Å². The summed E-state index contributed by atoms with van der Waals surface area (Å²) in [5.41, 5.74) is 2.76. The summed E-state index contributed by atoms with van der Waals surface area (Å²) in [7, 11) is 0. The lowest BCUT2D eigenvalue weighted by molar-refractivity contribution is 0.0636. The zero-order valence-corrected chi connectivity index (χ0v) is 14.5. The van der Waals surface area contributed by atoms with Crippen LogP contribution in [0.25, 0.3) is 0 Å². The number of nitrogens with one attached hydrogen (secondary N) is 1. The third kappa shape index (κ3) is 4.84. The van der Waals surface area contributed by atoms with E-state index < -0.39 is 11.7 Å². The molecule has 0 saturated carbocycles. The summed E-state index contributed by atoms with van der Waals surface area (Å²) in [4.78, 5) is 16.4. The summed E-state index contributed by atoms with van der Waals surface area (Å²) in [5, 5.41) is 4.50. The topological polar surface area (TPSA) is 51.2 Å². The molecule has 4 nitrogen and oxygen atoms in total. The monoisotopic (exact) mass is 318 g/mol. The average molecular weight is 318 g/mol. The highest BCUT2D eigenvalue weighted by Gasteiger charge is 2.18. The van der Waals surface area contributed by atoms with Gasteiger partial charge in [-0.05, 0) is 40.2 Å². The van der Waals surface area contributed by atoms with Gasteiger partial charge in [0.2, 0.25) is 0 Å². The van der Waals surface area contributed by atoms with Crippen molar-refractivity contribution in [2.24, 2.45) is 0 Å². The van der Waals surface area contributed by atoms with Crippen LogP contribution in [0, 0.1) is 13.8 Å². The Morgan fingerprint density at radius 1 is 1.23 bits per heavy atom. The molecule has 0 aliphatic heterocycles. The number of anilines is 1. The average Bonchev–Trinajstić information content (AvgIpc) is 2.70. The van der Waals surface area contributed by atoms with Crippen LogP contribution >= 0.6 is 11.3 Å². The van der Waals surface area contributed by atoms with E-state index in [1.165, 1.54) is 22.5 Å². The van der Waals surface area contributed by atoms with Crippen LogP contribution < -0.4 is 5.32 Å². The number of rotatable bonds is 3. The van der Waals surface area contributed by atoms with Gasteiger partial charge in [0.05, 0.1) is 10.7 Å². The quantitative estimate of drug-likeness (QED) is 0.892. The third-order valence-electron chi connectivity index (χ3n) is 2.93. The largest absolute Gasteiger partial charge is 0.444 e. The molecule has 22 heavy (non-hydrogen) atoms. The smallest absolute Gasteiger partial charge is 0.412 e. The Morgan fingerprint density at radius 2 is 1.86 bits per heavy atom. The maximum absolute atomic E-state index is 11.8. The molecule has 1 aromatic heterocycles. The molecule has 0 spiro atoms. The predicted molar refractivity (Wildman–Crippen MR) is 90.7 cm³/mol. The van der Waals surface area contributed by atoms with E-state index in [-0.39, 0.29) is 0 Å². The van der Waals surface area contributed by atoms with Gasteiger partial charge in [0.25, 0.3) is 0 Å². The Bertz CT molecular complexity index is 654. The Balaban J connectivity index is 2.05. The van der Waals surface area contributed by atoms with Gasteiger partial charge in [0.1, 0.15) is 10.6 Å². The highest BCUT2D eigenvalue weighted by molar-refractivity contribution is 7.16. The number of amides is 1. The molecule has 118 valence electrons. The minimum absolute atomic E-state index is 0.443. The maximum atomic E-state index is 11.8. The lowest BCUT2D eigenvalue weighted by atomic mass is 10.1. The van der Waals surface area contributed by atoms with Crippen LogP contribution in [0.2, 0.25) is 0 Å². The lowest BCUT2D eigenvalue weighted by Gasteiger charge is -2.19. The molecule has 0 atom stereocenters. The molecule has 5 heteroatoms. The van der Waals surface area contributed by atoms with Gasteiger partial charge in [0.15, 0.2) is 0 Å². The predicted octanol–water partition coefficient (Wildman–Crippen LogP) is 4.70. The molecule has 0 bridgehead atoms. The zero-order valence-electron chi connectivity index (χ0n) is 13.7. The van der Waals surface area contributed by atoms with Gasteiger partial charge in [-0.25, -0.2) is 9.78 Å². The third-order valence-corrected chi connectivity index (χ3v) is 4.00. The van der Waals surface area contributed by atoms with E-state index in [1.807, 2.05) is 27.7 Å². The lowest BCUT2D eigenvalue weighted by Crippen LogP contribution is -2.27. The van der Waals surface area contributed by atoms with Gasteiger partial charge in [-0.3, -0.25) is 5.32 Å². The Morgan fingerprint density at radius 3 is 2.45 bits per heavy atom. The summed E-state index contributed by atoms with van der Waals surface area (Å²) in [6.45, 7) is 9.49. The Labute approximate surface area is 135 Å². The Kier molecular flexibility index (Phi) is 4.86. The minimum atomic E-state index is -0.507. The van der Waals surface area contributed by atoms with Crippen LogP contribution in [0.3, 0.4) is 0 Å². The fourth-order valence-electron chi connectivity index (χ4n) is 1.92. The molecule has 0 aliphatic rings. The number of carbonyl (C=O) groups excluding carboxylic acids is 1. The van der Waals surface area contributed by atoms with Crippen molar-refractivity contribution >= 4 is 22.4 Å². The van der Waals surface area contributed by atoms with Crippen molar-refractivity contribution in [3.05, 3.63) is 46.1 Å². The zero-order chi connectivity index (χ0) is 16.3. The molecule has 0 radical (unpaired) electrons. The standard InChI is InChI=1S/C17H22N2O2S/c1-11-6-8-13(9-7-11)10-14-18-12(2)15(22-14)19-16(20)21-17(3,4)5/h6-9H,10H2,1-5H3,(H,19,20). The molecule has 0 unspecified atom stereocenters. The van der Waals surface area contributed by atoms with Gasteiger partial charge in [-0.2, -0.15) is 0 Å². The van der Waals surface area contributed by atoms with Gasteiger partial charge < -0.3 is 4.74 Å². The highest BCUT2D eigenvalue weighted by Crippen LogP contribution is 2.26. The fraction of sp³-hybridized carbons (Fsp3) is 0.412. The summed E-state index contributed by atoms with van der Waals surface area (Å²) >= 11 is 1.49. The van der Waals surface area contributed by atoms with E-state index in [4.69, 9.17) is 4.74 Å². The number of aryl methyl sites for hydroxylation is 2. The van der Waals surface area contributed by atoms with Crippen LogP contribution in [-0.2, 0) is 11.2 Å². The summed E-state index contributed by atoms with van der Waals surface area (Å²) in [5.74, 6) is 0. The molecule has 2 rings (SSSR count). The number of nitrogens with zero attached hydrogens (tertiary/aromatic N) is 1. The van der Waals surface area contributed by atoms with Gasteiger partial charge in [-0.15, -0.1) is 11.3 Å². The van der Waals surface area contributed by atoms with Gasteiger partial charge in [-0.1, -0.05) is 29.8 Å². The SMILES string of the molecule is Cc1ccc(Cc2nc(C)c(NC(=O)OC(C)(C)C)s2)cc1. The van der Waals surface area contributed by atoms with Crippen molar-refractivity contribution in [3.8, 4) is 0 Å². The van der Waals surface area contributed by atoms with Crippen LogP contribution in [0.5, 0.6) is 0 Å². The van der Waals surface area contributed by atoms with Gasteiger partial charge >= 0.3 is 6.09 Å². The van der Waals surface area contributed by atoms with Crippen LogP contribution in [-0.4, -0.2) is 16.7 Å². The number of carbonyl (C=O) groups is 1. The van der Waals surface area contributed by atoms with Crippen molar-refractivity contribution < 1.29 is 9.53 Å². The first-order valence-electron chi connectivity index (χ1n) is 7.25. The summed E-state index contributed by atoms with van der Waals surface area (Å²) < 4.78 is 5.27. The molecule has 1 aromatic carbocycles. The number of hydrogen-bond acceptors (Lipinski definition) is 4. The van der Waals surface area contributed by atoms with E-state index in [0.717, 1.165) is 22.1 Å². The van der Waals surface area contributed by atoms with Crippen LogP contribution in [0.4, 0.5) is 9.80 Å². The molecule has 2 aromatic rings. The van der Waals surface area contributed by atoms with Crippen LogP contribution in [0.1, 0.15) is 42.6 Å². The second-order valence-corrected chi connectivity index (χ2v) is 7.40. The highest BCUT2D eigenvalue weighted by atomic mass is 32.1. The number of thiazole rings is 1. The normalized spacial score (nSPS) is 11.3. The Hall–Kier alpha value is -1.88. The first kappa shape index (κ1) is 16.5. The molecule has 1 amide bonds. The second kappa shape index (κ2) is 6.48. The summed E-state index contributed by atoms with van der Waals surface area (Å²) in [6.07, 6.45) is 0.322. The van der Waals surface area contributed by atoms with E-state index in [1.54, 1.807) is 0 Å². The number of ether oxygens (including phenoxy) is 1. The molecular formula is C17H22N2O2S. The number of benzene rings is 1. The number of hydrogen-bond donors (Lipinski definition) is 1. The first-order valence-corrected chi connectivity index (χ1v) is 8.06. The minimum Gasteiger partial charge on any atom is -0.444 e. The molecule has 0 saturated heterocycles. The van der Waals surface area contributed by atoms with E-state index >= 15 is 0 Å². The second-order valence-electron chi connectivity index (χ2n) is 6.31. The van der Waals surface area contributed by atoms with Crippen LogP contribution in [0.15, 0.2) is 24.3 Å². The van der Waals surface area contributed by atoms with Crippen molar-refractivity contribution in [1.29, 1.82) is 0 Å².